The Balaban J connectivity index is 2.08. The molecule has 2 aromatic carbocycles. The predicted octanol–water partition coefficient (Wildman–Crippen LogP) is 2.06. The van der Waals surface area contributed by atoms with Gasteiger partial charge in [-0.05, 0) is 31.2 Å². The molecule has 0 fully saturated rings. The highest BCUT2D eigenvalue weighted by atomic mass is 16.2. The van der Waals surface area contributed by atoms with E-state index in [0.29, 0.717) is 11.3 Å². The van der Waals surface area contributed by atoms with Gasteiger partial charge in [0.25, 0.3) is 11.5 Å². The van der Waals surface area contributed by atoms with Gasteiger partial charge in [-0.3, -0.25) is 18.7 Å². The largest absolute Gasteiger partial charge is 0.337 e. The zero-order valence-electron chi connectivity index (χ0n) is 14.6. The minimum Gasteiger partial charge on any atom is -0.268 e. The third-order valence-electron chi connectivity index (χ3n) is 4.40. The minimum atomic E-state index is -0.536. The molecule has 0 radical (unpaired) electrons. The van der Waals surface area contributed by atoms with Crippen molar-refractivity contribution in [3.8, 4) is 5.69 Å². The van der Waals surface area contributed by atoms with E-state index >= 15 is 0 Å². The molecule has 0 unspecified atom stereocenters. The molecular weight excluding hydrogens is 344 g/mol. The zero-order chi connectivity index (χ0) is 19.0. The Morgan fingerprint density at radius 2 is 1.59 bits per heavy atom. The van der Waals surface area contributed by atoms with Crippen LogP contribution in [0.1, 0.15) is 17.3 Å². The lowest BCUT2D eigenvalue weighted by molar-refractivity contribution is 0.0964. The van der Waals surface area contributed by atoms with Crippen LogP contribution in [-0.4, -0.2) is 24.6 Å². The van der Waals surface area contributed by atoms with E-state index in [4.69, 9.17) is 0 Å². The summed E-state index contributed by atoms with van der Waals surface area (Å²) in [6, 6.07) is 17.6. The summed E-state index contributed by atoms with van der Waals surface area (Å²) in [6.45, 7) is 1.90. The smallest absolute Gasteiger partial charge is 0.268 e. The molecule has 2 heterocycles. The molecule has 0 aliphatic heterocycles. The highest BCUT2D eigenvalue weighted by molar-refractivity contribution is 6.00. The first-order valence-electron chi connectivity index (χ1n) is 8.51. The average Bonchev–Trinajstić information content (AvgIpc) is 3.14. The maximum absolute atomic E-state index is 12.9. The molecule has 0 aliphatic rings. The monoisotopic (exact) mass is 360 g/mol. The van der Waals surface area contributed by atoms with Gasteiger partial charge in [0.15, 0.2) is 11.2 Å². The zero-order valence-corrected chi connectivity index (χ0v) is 14.6. The van der Waals surface area contributed by atoms with Gasteiger partial charge in [-0.15, -0.1) is 0 Å². The Hall–Kier alpha value is -3.74. The van der Waals surface area contributed by atoms with Crippen molar-refractivity contribution in [1.82, 2.24) is 18.7 Å². The molecule has 0 saturated carbocycles. The summed E-state index contributed by atoms with van der Waals surface area (Å²) in [5.41, 5.74) is 0.216. The number of hydrogen-bond acceptors (Lipinski definition) is 4. The second-order valence-corrected chi connectivity index (χ2v) is 5.96. The van der Waals surface area contributed by atoms with Crippen molar-refractivity contribution < 1.29 is 4.79 Å². The molecule has 0 atom stereocenters. The number of benzene rings is 2. The highest BCUT2D eigenvalue weighted by Gasteiger charge is 2.21. The standard InChI is InChI=1S/C20H16N4O3/c1-2-22-19(26)16-17(24(20(22)27)15-11-7-4-8-12-15)21-13-23(16)18(25)14-9-5-3-6-10-14/h3-13H,2H2,1H3. The van der Waals surface area contributed by atoms with Crippen LogP contribution in [0.15, 0.2) is 76.6 Å². The van der Waals surface area contributed by atoms with Crippen molar-refractivity contribution in [3.63, 3.8) is 0 Å². The molecule has 27 heavy (non-hydrogen) atoms. The molecule has 0 N–H and O–H groups in total. The third kappa shape index (κ3) is 2.60. The molecule has 0 bridgehead atoms. The van der Waals surface area contributed by atoms with Crippen LogP contribution in [0.4, 0.5) is 0 Å². The molecule has 0 saturated heterocycles. The summed E-state index contributed by atoms with van der Waals surface area (Å²) in [7, 11) is 0. The van der Waals surface area contributed by atoms with Crippen molar-refractivity contribution in [2.45, 2.75) is 13.5 Å². The van der Waals surface area contributed by atoms with Crippen LogP contribution in [0.5, 0.6) is 0 Å². The molecule has 2 aromatic heterocycles. The first kappa shape index (κ1) is 16.7. The van der Waals surface area contributed by atoms with Gasteiger partial charge >= 0.3 is 5.69 Å². The molecule has 7 nitrogen and oxygen atoms in total. The minimum absolute atomic E-state index is 0.0779. The van der Waals surface area contributed by atoms with Gasteiger partial charge in [0.1, 0.15) is 6.33 Å². The Kier molecular flexibility index (Phi) is 4.04. The van der Waals surface area contributed by atoms with E-state index in [9.17, 15) is 14.4 Å². The lowest BCUT2D eigenvalue weighted by Gasteiger charge is -2.11. The predicted molar refractivity (Wildman–Crippen MR) is 101 cm³/mol. The number of fused-ring (bicyclic) bond motifs is 1. The van der Waals surface area contributed by atoms with Gasteiger partial charge in [0.2, 0.25) is 0 Å². The quantitative estimate of drug-likeness (QED) is 0.560. The Morgan fingerprint density at radius 3 is 2.22 bits per heavy atom. The molecular formula is C20H16N4O3. The Morgan fingerprint density at radius 1 is 0.963 bits per heavy atom. The van der Waals surface area contributed by atoms with E-state index in [0.717, 1.165) is 4.57 Å². The molecule has 0 aliphatic carbocycles. The first-order chi connectivity index (χ1) is 13.1. The van der Waals surface area contributed by atoms with Crippen LogP contribution >= 0.6 is 0 Å². The number of para-hydroxylation sites is 1. The number of hydrogen-bond donors (Lipinski definition) is 0. The molecule has 4 rings (SSSR count). The fraction of sp³-hybridized carbons (Fsp3) is 0.100. The van der Waals surface area contributed by atoms with Crippen LogP contribution in [0.3, 0.4) is 0 Å². The van der Waals surface area contributed by atoms with Crippen LogP contribution in [0, 0.1) is 0 Å². The Bertz CT molecular complexity index is 1250. The molecule has 0 amide bonds. The summed E-state index contributed by atoms with van der Waals surface area (Å²) in [5, 5.41) is 0. The lowest BCUT2D eigenvalue weighted by Crippen LogP contribution is -2.40. The average molecular weight is 360 g/mol. The van der Waals surface area contributed by atoms with Crippen molar-refractivity contribution in [1.29, 1.82) is 0 Å². The number of aromatic nitrogens is 4. The van der Waals surface area contributed by atoms with Crippen LogP contribution in [0.25, 0.3) is 16.9 Å². The van der Waals surface area contributed by atoms with Crippen LogP contribution in [-0.2, 0) is 6.54 Å². The maximum atomic E-state index is 12.9. The molecule has 7 heteroatoms. The molecule has 0 spiro atoms. The van der Waals surface area contributed by atoms with E-state index < -0.39 is 11.2 Å². The summed E-state index contributed by atoms with van der Waals surface area (Å²) in [4.78, 5) is 42.9. The first-order valence-corrected chi connectivity index (χ1v) is 8.51. The fourth-order valence-electron chi connectivity index (χ4n) is 3.09. The van der Waals surface area contributed by atoms with Gasteiger partial charge in [0.05, 0.1) is 5.69 Å². The van der Waals surface area contributed by atoms with E-state index in [1.54, 1.807) is 61.5 Å². The Labute approximate surface area is 153 Å². The van der Waals surface area contributed by atoms with Crippen LogP contribution in [0.2, 0.25) is 0 Å². The van der Waals surface area contributed by atoms with Gasteiger partial charge in [0, 0.05) is 12.1 Å². The normalized spacial score (nSPS) is 11.0. The second-order valence-electron chi connectivity index (χ2n) is 5.96. The van der Waals surface area contributed by atoms with E-state index in [1.807, 2.05) is 6.07 Å². The lowest BCUT2D eigenvalue weighted by atomic mass is 10.2. The van der Waals surface area contributed by atoms with E-state index in [-0.39, 0.29) is 23.6 Å². The van der Waals surface area contributed by atoms with Crippen LogP contribution < -0.4 is 11.2 Å². The number of nitrogens with zero attached hydrogens (tertiary/aromatic N) is 4. The summed E-state index contributed by atoms with van der Waals surface area (Å²) in [5.74, 6) is -0.379. The maximum Gasteiger partial charge on any atom is 0.337 e. The SMILES string of the molecule is CCn1c(=O)c2c(ncn2C(=O)c2ccccc2)n(-c2ccccc2)c1=O. The number of carbonyl (C=O) groups excluding carboxylic acids is 1. The van der Waals surface area contributed by atoms with E-state index in [2.05, 4.69) is 4.98 Å². The van der Waals surface area contributed by atoms with Gasteiger partial charge in [-0.2, -0.15) is 0 Å². The number of rotatable bonds is 3. The van der Waals surface area contributed by atoms with Gasteiger partial charge in [-0.25, -0.2) is 14.3 Å². The number of imidazole rings is 1. The molecule has 4 aromatic rings. The van der Waals surface area contributed by atoms with Crippen molar-refractivity contribution in [3.05, 3.63) is 93.4 Å². The van der Waals surface area contributed by atoms with Crippen molar-refractivity contribution in [2.75, 3.05) is 0 Å². The van der Waals surface area contributed by atoms with Gasteiger partial charge < -0.3 is 0 Å². The van der Waals surface area contributed by atoms with Crippen molar-refractivity contribution >= 4 is 17.1 Å². The highest BCUT2D eigenvalue weighted by Crippen LogP contribution is 2.14. The van der Waals surface area contributed by atoms with Crippen molar-refractivity contribution in [2.24, 2.45) is 0 Å². The fourth-order valence-corrected chi connectivity index (χ4v) is 3.09. The molecule has 134 valence electrons. The van der Waals surface area contributed by atoms with E-state index in [1.165, 1.54) is 15.5 Å². The summed E-state index contributed by atoms with van der Waals surface area (Å²) < 4.78 is 3.67. The third-order valence-corrected chi connectivity index (χ3v) is 4.40. The number of carbonyl (C=O) groups is 1. The summed E-state index contributed by atoms with van der Waals surface area (Å²) >= 11 is 0. The van der Waals surface area contributed by atoms with Gasteiger partial charge in [-0.1, -0.05) is 36.4 Å². The second kappa shape index (κ2) is 6.53. The summed E-state index contributed by atoms with van der Waals surface area (Å²) in [6.07, 6.45) is 1.29. The topological polar surface area (TPSA) is 78.9 Å².